The first-order valence-electron chi connectivity index (χ1n) is 9.45. The van der Waals surface area contributed by atoms with Gasteiger partial charge in [-0.2, -0.15) is 4.37 Å². The number of aryl methyl sites for hydroxylation is 1. The lowest BCUT2D eigenvalue weighted by Gasteiger charge is -2.35. The molecule has 1 saturated heterocycles. The van der Waals surface area contributed by atoms with Crippen LogP contribution in [0.2, 0.25) is 0 Å². The van der Waals surface area contributed by atoms with Gasteiger partial charge in [-0.05, 0) is 48.3 Å². The minimum absolute atomic E-state index is 0.0919. The summed E-state index contributed by atoms with van der Waals surface area (Å²) in [6, 6.07) is 11.6. The molecule has 0 bridgehead atoms. The molecule has 0 aliphatic carbocycles. The lowest BCUT2D eigenvalue weighted by Crippen LogP contribution is -2.52. The largest absolute Gasteiger partial charge is 0.352 e. The van der Waals surface area contributed by atoms with Crippen LogP contribution in [0.15, 0.2) is 42.6 Å². The Labute approximate surface area is 172 Å². The van der Waals surface area contributed by atoms with Crippen molar-refractivity contribution in [3.05, 3.63) is 48.2 Å². The van der Waals surface area contributed by atoms with Crippen molar-refractivity contribution in [3.63, 3.8) is 0 Å². The summed E-state index contributed by atoms with van der Waals surface area (Å²) in [5.41, 5.74) is 1.00. The minimum Gasteiger partial charge on any atom is -0.352 e. The normalized spacial score (nSPS) is 14.1. The fraction of sp³-hybridized carbons (Fsp3) is 0.300. The van der Waals surface area contributed by atoms with Gasteiger partial charge in [0.05, 0.1) is 11.2 Å². The molecule has 3 amide bonds. The first-order chi connectivity index (χ1) is 14.1. The molecule has 0 saturated carbocycles. The predicted molar refractivity (Wildman–Crippen MR) is 114 cm³/mol. The predicted octanol–water partition coefficient (Wildman–Crippen LogP) is 2.47. The molecule has 2 N–H and O–H groups in total. The summed E-state index contributed by atoms with van der Waals surface area (Å²) < 4.78 is 5.75. The second-order valence-corrected chi connectivity index (χ2v) is 7.71. The molecule has 150 valence electrons. The maximum Gasteiger partial charge on any atom is 0.317 e. The number of hydrogen-bond acceptors (Lipinski definition) is 6. The Hall–Kier alpha value is -3.20. The van der Waals surface area contributed by atoms with E-state index in [0.717, 1.165) is 21.5 Å². The average molecular weight is 411 g/mol. The van der Waals surface area contributed by atoms with Gasteiger partial charge in [0, 0.05) is 37.8 Å². The van der Waals surface area contributed by atoms with E-state index in [-0.39, 0.29) is 18.5 Å². The highest BCUT2D eigenvalue weighted by Crippen LogP contribution is 2.29. The standard InChI is InChI=1S/C20H22N6O2S/c1-14-6-7-21-17(12-14)23-18(27)13-22-20(28)26-10-8-25(9-11-26)19-15-4-2-3-5-16(15)29-24-19/h2-7,12H,8-11,13H2,1H3,(H,22,28)(H,21,23,27). The third kappa shape index (κ3) is 4.45. The molecule has 0 radical (unpaired) electrons. The third-order valence-corrected chi connectivity index (χ3v) is 5.62. The molecule has 0 atom stereocenters. The number of anilines is 2. The number of fused-ring (bicyclic) bond motifs is 1. The summed E-state index contributed by atoms with van der Waals surface area (Å²) in [6.07, 6.45) is 1.63. The van der Waals surface area contributed by atoms with E-state index in [9.17, 15) is 9.59 Å². The van der Waals surface area contributed by atoms with Crippen LogP contribution in [0.1, 0.15) is 5.56 Å². The summed E-state index contributed by atoms with van der Waals surface area (Å²) in [5.74, 6) is 1.16. The number of carbonyl (C=O) groups is 2. The average Bonchev–Trinajstić information content (AvgIpc) is 3.16. The molecule has 4 rings (SSSR count). The highest BCUT2D eigenvalue weighted by atomic mass is 32.1. The van der Waals surface area contributed by atoms with Crippen LogP contribution in [0.5, 0.6) is 0 Å². The van der Waals surface area contributed by atoms with Crippen molar-refractivity contribution < 1.29 is 9.59 Å². The molecule has 3 heterocycles. The van der Waals surface area contributed by atoms with Gasteiger partial charge in [0.25, 0.3) is 0 Å². The van der Waals surface area contributed by atoms with Gasteiger partial charge in [0.1, 0.15) is 11.6 Å². The quantitative estimate of drug-likeness (QED) is 0.690. The number of nitrogens with one attached hydrogen (secondary N) is 2. The van der Waals surface area contributed by atoms with E-state index < -0.39 is 0 Å². The van der Waals surface area contributed by atoms with E-state index >= 15 is 0 Å². The monoisotopic (exact) mass is 410 g/mol. The van der Waals surface area contributed by atoms with Crippen molar-refractivity contribution >= 4 is 45.2 Å². The van der Waals surface area contributed by atoms with Crippen LogP contribution in [0, 0.1) is 6.92 Å². The zero-order valence-corrected chi connectivity index (χ0v) is 16.9. The number of amides is 3. The molecule has 29 heavy (non-hydrogen) atoms. The smallest absolute Gasteiger partial charge is 0.317 e. The number of urea groups is 1. The van der Waals surface area contributed by atoms with Crippen LogP contribution in [0.25, 0.3) is 10.1 Å². The number of carbonyl (C=O) groups excluding carboxylic acids is 2. The lowest BCUT2D eigenvalue weighted by atomic mass is 10.2. The van der Waals surface area contributed by atoms with E-state index in [1.807, 2.05) is 25.1 Å². The van der Waals surface area contributed by atoms with Crippen LogP contribution in [-0.4, -0.2) is 58.9 Å². The van der Waals surface area contributed by atoms with Crippen LogP contribution in [-0.2, 0) is 4.79 Å². The second kappa shape index (κ2) is 8.44. The van der Waals surface area contributed by atoms with Gasteiger partial charge in [0.15, 0.2) is 0 Å². The van der Waals surface area contributed by atoms with Gasteiger partial charge < -0.3 is 20.4 Å². The minimum atomic E-state index is -0.302. The van der Waals surface area contributed by atoms with Crippen LogP contribution < -0.4 is 15.5 Å². The van der Waals surface area contributed by atoms with Crippen molar-refractivity contribution in [1.82, 2.24) is 19.6 Å². The van der Waals surface area contributed by atoms with Crippen LogP contribution in [0.4, 0.5) is 16.4 Å². The first-order valence-corrected chi connectivity index (χ1v) is 10.2. The Balaban J connectivity index is 1.26. The van der Waals surface area contributed by atoms with Gasteiger partial charge >= 0.3 is 6.03 Å². The van der Waals surface area contributed by atoms with E-state index in [1.165, 1.54) is 11.5 Å². The molecule has 2 aromatic heterocycles. The van der Waals surface area contributed by atoms with Crippen molar-refractivity contribution in [3.8, 4) is 0 Å². The first kappa shape index (κ1) is 19.1. The van der Waals surface area contributed by atoms with E-state index in [2.05, 4.69) is 37.0 Å². The van der Waals surface area contributed by atoms with E-state index in [0.29, 0.717) is 32.0 Å². The Bertz CT molecular complexity index is 1030. The highest BCUT2D eigenvalue weighted by Gasteiger charge is 2.23. The fourth-order valence-corrected chi connectivity index (χ4v) is 4.08. The highest BCUT2D eigenvalue weighted by molar-refractivity contribution is 7.13. The molecular formula is C20H22N6O2S. The molecule has 3 aromatic rings. The Morgan fingerprint density at radius 1 is 1.14 bits per heavy atom. The molecule has 1 aromatic carbocycles. The number of hydrogen-bond donors (Lipinski definition) is 2. The molecule has 1 aliphatic rings. The summed E-state index contributed by atoms with van der Waals surface area (Å²) in [5, 5.41) is 6.52. The maximum atomic E-state index is 12.4. The SMILES string of the molecule is Cc1ccnc(NC(=O)CNC(=O)N2CCN(c3nsc4ccccc34)CC2)c1. The van der Waals surface area contributed by atoms with Gasteiger partial charge in [-0.3, -0.25) is 4.79 Å². The number of piperazine rings is 1. The number of aromatic nitrogens is 2. The summed E-state index contributed by atoms with van der Waals surface area (Å²) in [7, 11) is 0. The van der Waals surface area contributed by atoms with Gasteiger partial charge in [-0.1, -0.05) is 12.1 Å². The molecule has 0 spiro atoms. The second-order valence-electron chi connectivity index (χ2n) is 6.90. The van der Waals surface area contributed by atoms with Crippen LogP contribution in [0.3, 0.4) is 0 Å². The number of benzene rings is 1. The van der Waals surface area contributed by atoms with Crippen molar-refractivity contribution in [2.24, 2.45) is 0 Å². The number of rotatable bonds is 4. The Morgan fingerprint density at radius 2 is 1.93 bits per heavy atom. The molecule has 8 nitrogen and oxygen atoms in total. The molecule has 1 fully saturated rings. The van der Waals surface area contributed by atoms with Gasteiger partial charge in [0.2, 0.25) is 5.91 Å². The Morgan fingerprint density at radius 3 is 2.72 bits per heavy atom. The topological polar surface area (TPSA) is 90.5 Å². The van der Waals surface area contributed by atoms with Crippen molar-refractivity contribution in [2.45, 2.75) is 6.92 Å². The molecule has 0 unspecified atom stereocenters. The lowest BCUT2D eigenvalue weighted by molar-refractivity contribution is -0.115. The van der Waals surface area contributed by atoms with E-state index in [4.69, 9.17) is 0 Å². The van der Waals surface area contributed by atoms with Crippen molar-refractivity contribution in [1.29, 1.82) is 0 Å². The zero-order valence-electron chi connectivity index (χ0n) is 16.1. The summed E-state index contributed by atoms with van der Waals surface area (Å²) in [6.45, 7) is 4.41. The molecule has 9 heteroatoms. The number of pyridine rings is 1. The maximum absolute atomic E-state index is 12.4. The van der Waals surface area contributed by atoms with E-state index in [1.54, 1.807) is 17.2 Å². The zero-order chi connectivity index (χ0) is 20.2. The van der Waals surface area contributed by atoms with Crippen molar-refractivity contribution in [2.75, 3.05) is 42.9 Å². The molecular weight excluding hydrogens is 388 g/mol. The van der Waals surface area contributed by atoms with Gasteiger partial charge in [-0.15, -0.1) is 0 Å². The summed E-state index contributed by atoms with van der Waals surface area (Å²) in [4.78, 5) is 32.5. The van der Waals surface area contributed by atoms with Crippen LogP contribution >= 0.6 is 11.5 Å². The summed E-state index contributed by atoms with van der Waals surface area (Å²) >= 11 is 1.49. The van der Waals surface area contributed by atoms with Gasteiger partial charge in [-0.25, -0.2) is 9.78 Å². The molecule has 1 aliphatic heterocycles. The number of nitrogens with zero attached hydrogens (tertiary/aromatic N) is 4. The Kier molecular flexibility index (Phi) is 5.57. The third-order valence-electron chi connectivity index (χ3n) is 4.81. The fourth-order valence-electron chi connectivity index (χ4n) is 3.28.